The average Bonchev–Trinajstić information content (AvgIpc) is 1.94. The van der Waals surface area contributed by atoms with Gasteiger partial charge in [-0.15, -0.1) is 0 Å². The van der Waals surface area contributed by atoms with Crippen molar-refractivity contribution in [1.29, 1.82) is 0 Å². The van der Waals surface area contributed by atoms with E-state index in [0.29, 0.717) is 0 Å². The largest absolute Gasteiger partial charge is 0.392 e. The fraction of sp³-hybridized carbons (Fsp3) is 0.750. The highest BCUT2D eigenvalue weighted by Gasteiger charge is 1.62. The van der Waals surface area contributed by atoms with Gasteiger partial charge in [-0.25, -0.2) is 0 Å². The van der Waals surface area contributed by atoms with Gasteiger partial charge in [-0.05, 0) is 26.7 Å². The minimum absolute atomic E-state index is 1.00. The quantitative estimate of drug-likeness (QED) is 0.587. The fourth-order valence-electron chi connectivity index (χ4n) is 0. The lowest BCUT2D eigenvalue weighted by Crippen LogP contribution is -1.98. The second-order valence-corrected chi connectivity index (χ2v) is 1.53. The van der Waals surface area contributed by atoms with Crippen LogP contribution in [0, 0.1) is 0 Å². The van der Waals surface area contributed by atoms with Crippen LogP contribution in [-0.2, 0) is 0 Å². The number of hydrogen-bond acceptors (Lipinski definition) is 2. The highest BCUT2D eigenvalue weighted by atomic mass is 14.8. The van der Waals surface area contributed by atoms with E-state index in [1.165, 1.54) is 0 Å². The van der Waals surface area contributed by atoms with Crippen molar-refractivity contribution in [1.82, 2.24) is 10.6 Å². The van der Waals surface area contributed by atoms with Gasteiger partial charge >= 0.3 is 0 Å². The Labute approximate surface area is 65.7 Å². The molecule has 10 heavy (non-hydrogen) atoms. The zero-order chi connectivity index (χ0) is 8.99. The third-order valence-electron chi connectivity index (χ3n) is 0.427. The molecular formula is C8H22N2. The van der Waals surface area contributed by atoms with Crippen LogP contribution in [0.1, 0.15) is 20.8 Å². The second kappa shape index (κ2) is 23.6. The summed E-state index contributed by atoms with van der Waals surface area (Å²) in [4.78, 5) is 0. The zero-order valence-corrected chi connectivity index (χ0v) is 8.21. The normalized spacial score (nSPS) is 5.80. The van der Waals surface area contributed by atoms with E-state index in [2.05, 4.69) is 17.2 Å². The fourth-order valence-corrected chi connectivity index (χ4v) is 0. The van der Waals surface area contributed by atoms with Crippen molar-refractivity contribution < 1.29 is 0 Å². The first-order valence-electron chi connectivity index (χ1n) is 3.60. The molecule has 2 N–H and O–H groups in total. The monoisotopic (exact) mass is 146 g/mol. The van der Waals surface area contributed by atoms with Crippen LogP contribution in [0.25, 0.3) is 0 Å². The predicted octanol–water partition coefficient (Wildman–Crippen LogP) is 1.60. The zero-order valence-electron chi connectivity index (χ0n) is 8.21. The van der Waals surface area contributed by atoms with Crippen LogP contribution in [0.2, 0.25) is 0 Å². The van der Waals surface area contributed by atoms with Crippen molar-refractivity contribution >= 4 is 0 Å². The third kappa shape index (κ3) is 141. The van der Waals surface area contributed by atoms with Gasteiger partial charge in [0.05, 0.1) is 0 Å². The summed E-state index contributed by atoms with van der Waals surface area (Å²) in [5.41, 5.74) is 1.00. The molecule has 0 aliphatic carbocycles. The van der Waals surface area contributed by atoms with Crippen molar-refractivity contribution in [3.63, 3.8) is 0 Å². The van der Waals surface area contributed by atoms with Crippen LogP contribution in [0.15, 0.2) is 12.3 Å². The van der Waals surface area contributed by atoms with E-state index in [-0.39, 0.29) is 0 Å². The van der Waals surface area contributed by atoms with E-state index in [1.807, 2.05) is 41.9 Å². The van der Waals surface area contributed by atoms with Crippen molar-refractivity contribution in [2.24, 2.45) is 0 Å². The maximum atomic E-state index is 3.56. The second-order valence-electron chi connectivity index (χ2n) is 1.53. The minimum Gasteiger partial charge on any atom is -0.392 e. The molecule has 0 saturated carbocycles. The topological polar surface area (TPSA) is 24.1 Å². The summed E-state index contributed by atoms with van der Waals surface area (Å²) < 4.78 is 0. The average molecular weight is 146 g/mol. The Hall–Kier alpha value is -0.500. The molecule has 0 bridgehead atoms. The van der Waals surface area contributed by atoms with Crippen molar-refractivity contribution in [3.8, 4) is 0 Å². The van der Waals surface area contributed by atoms with Crippen LogP contribution < -0.4 is 10.6 Å². The summed E-state index contributed by atoms with van der Waals surface area (Å²) in [6.45, 7) is 9.48. The first-order valence-corrected chi connectivity index (χ1v) is 3.60. The molecule has 0 spiro atoms. The molecule has 64 valence electrons. The molecule has 2 nitrogen and oxygen atoms in total. The van der Waals surface area contributed by atoms with E-state index in [4.69, 9.17) is 0 Å². The highest BCUT2D eigenvalue weighted by Crippen LogP contribution is 1.68. The summed E-state index contributed by atoms with van der Waals surface area (Å²) in [6.07, 6.45) is 0. The Morgan fingerprint density at radius 3 is 1.20 bits per heavy atom. The lowest BCUT2D eigenvalue weighted by molar-refractivity contribution is 0.999. The molecule has 0 atom stereocenters. The van der Waals surface area contributed by atoms with E-state index in [9.17, 15) is 0 Å². The van der Waals surface area contributed by atoms with Gasteiger partial charge in [-0.1, -0.05) is 20.4 Å². The molecule has 0 saturated heterocycles. The number of allylic oxidation sites excluding steroid dienone is 1. The Morgan fingerprint density at radius 2 is 1.20 bits per heavy atom. The first kappa shape index (κ1) is 16.2. The van der Waals surface area contributed by atoms with E-state index in [1.54, 1.807) is 0 Å². The summed E-state index contributed by atoms with van der Waals surface area (Å²) >= 11 is 0. The third-order valence-corrected chi connectivity index (χ3v) is 0.427. The first-order chi connectivity index (χ1) is 4.68. The Balaban J connectivity index is -0.0000000847. The van der Waals surface area contributed by atoms with Gasteiger partial charge in [0.1, 0.15) is 0 Å². The minimum atomic E-state index is 1.00. The molecule has 0 aliphatic rings. The van der Waals surface area contributed by atoms with E-state index >= 15 is 0 Å². The van der Waals surface area contributed by atoms with Crippen molar-refractivity contribution in [3.05, 3.63) is 12.3 Å². The number of hydrogen-bond donors (Lipinski definition) is 2. The Kier molecular flexibility index (Phi) is 38.4. The predicted molar refractivity (Wildman–Crippen MR) is 50.2 cm³/mol. The molecule has 0 amide bonds. The van der Waals surface area contributed by atoms with Gasteiger partial charge in [-0.2, -0.15) is 0 Å². The van der Waals surface area contributed by atoms with Crippen LogP contribution in [0.5, 0.6) is 0 Å². The maximum Gasteiger partial charge on any atom is 0.00299 e. The highest BCUT2D eigenvalue weighted by molar-refractivity contribution is 4.80. The molecule has 0 aromatic rings. The van der Waals surface area contributed by atoms with Gasteiger partial charge < -0.3 is 10.6 Å². The molecule has 0 heterocycles. The molecule has 0 radical (unpaired) electrons. The molecule has 0 fully saturated rings. The van der Waals surface area contributed by atoms with Gasteiger partial charge in [-0.3, -0.25) is 0 Å². The number of nitrogens with one attached hydrogen (secondary N) is 2. The molecule has 0 rings (SSSR count). The molecule has 0 aromatic carbocycles. The Morgan fingerprint density at radius 1 is 1.10 bits per heavy atom. The van der Waals surface area contributed by atoms with Crippen molar-refractivity contribution in [2.45, 2.75) is 20.8 Å². The summed E-state index contributed by atoms with van der Waals surface area (Å²) in [5.74, 6) is 0. The Bertz CT molecular complexity index is 51.2. The summed E-state index contributed by atoms with van der Waals surface area (Å²) in [5, 5.41) is 5.58. The van der Waals surface area contributed by atoms with Crippen LogP contribution in [0.3, 0.4) is 0 Å². The molecule has 0 aliphatic heterocycles. The van der Waals surface area contributed by atoms with Crippen molar-refractivity contribution in [2.75, 3.05) is 21.1 Å². The maximum absolute atomic E-state index is 3.56. The lowest BCUT2D eigenvalue weighted by Gasteiger charge is -1.87. The summed E-state index contributed by atoms with van der Waals surface area (Å²) in [7, 11) is 5.60. The molecular weight excluding hydrogens is 124 g/mol. The van der Waals surface area contributed by atoms with Crippen LogP contribution >= 0.6 is 0 Å². The smallest absolute Gasteiger partial charge is 0.00299 e. The SMILES string of the molecule is C=C(C)NC.CC.CNC. The molecule has 0 unspecified atom stereocenters. The summed E-state index contributed by atoms with van der Waals surface area (Å²) in [6, 6.07) is 0. The van der Waals surface area contributed by atoms with Gasteiger partial charge in [0, 0.05) is 7.05 Å². The molecule has 0 aromatic heterocycles. The molecule has 2 heteroatoms. The van der Waals surface area contributed by atoms with Crippen LogP contribution in [-0.4, -0.2) is 21.1 Å². The lowest BCUT2D eigenvalue weighted by atomic mass is 10.6. The van der Waals surface area contributed by atoms with E-state index < -0.39 is 0 Å². The standard InChI is InChI=1S/C4H9N.C2H7N.C2H6/c1-4(2)5-3;1-3-2;1-2/h5H,1H2,2-3H3;3H,1-2H3;1-2H3. The van der Waals surface area contributed by atoms with Gasteiger partial charge in [0.2, 0.25) is 0 Å². The van der Waals surface area contributed by atoms with Gasteiger partial charge in [0.15, 0.2) is 0 Å². The van der Waals surface area contributed by atoms with Gasteiger partial charge in [0.25, 0.3) is 0 Å². The number of rotatable bonds is 1. The van der Waals surface area contributed by atoms with E-state index in [0.717, 1.165) is 5.70 Å². The van der Waals surface area contributed by atoms with Crippen LogP contribution in [0.4, 0.5) is 0 Å².